The van der Waals surface area contributed by atoms with Gasteiger partial charge in [0.15, 0.2) is 16.3 Å². The lowest BCUT2D eigenvalue weighted by atomic mass is 10.2. The number of fused-ring (bicyclic) bond motifs is 2. The molecule has 10 heteroatoms. The normalized spacial score (nSPS) is 13.6. The van der Waals surface area contributed by atoms with Crippen molar-refractivity contribution in [1.82, 2.24) is 4.57 Å². The second kappa shape index (κ2) is 8.06. The number of esters is 1. The summed E-state index contributed by atoms with van der Waals surface area (Å²) in [4.78, 5) is 29.2. The van der Waals surface area contributed by atoms with Crippen molar-refractivity contribution >= 4 is 56.6 Å². The highest BCUT2D eigenvalue weighted by Gasteiger charge is 2.19. The number of rotatable bonds is 3. The van der Waals surface area contributed by atoms with E-state index in [2.05, 4.69) is 4.99 Å². The summed E-state index contributed by atoms with van der Waals surface area (Å²) in [7, 11) is 1.30. The number of carbonyl (C=O) groups is 2. The number of benzene rings is 2. The van der Waals surface area contributed by atoms with Crippen molar-refractivity contribution in [1.29, 1.82) is 0 Å². The minimum absolute atomic E-state index is 0.114. The molecule has 1 aliphatic heterocycles. The van der Waals surface area contributed by atoms with Crippen LogP contribution in [0.5, 0.6) is 11.5 Å². The van der Waals surface area contributed by atoms with E-state index in [1.54, 1.807) is 22.8 Å². The van der Waals surface area contributed by atoms with Crippen molar-refractivity contribution in [2.24, 2.45) is 4.99 Å². The van der Waals surface area contributed by atoms with Crippen LogP contribution in [0.4, 0.5) is 0 Å². The first-order valence-corrected chi connectivity index (χ1v) is 10.1. The number of nitrogens with zero attached hydrogens (tertiary/aromatic N) is 2. The first-order valence-electron chi connectivity index (χ1n) is 8.50. The first kappa shape index (κ1) is 19.8. The minimum Gasteiger partial charge on any atom is -0.486 e. The van der Waals surface area contributed by atoms with E-state index in [4.69, 9.17) is 37.4 Å². The molecule has 0 saturated carbocycles. The molecule has 1 aromatic heterocycles. The van der Waals surface area contributed by atoms with E-state index in [9.17, 15) is 9.59 Å². The molecule has 4 rings (SSSR count). The number of carbonyl (C=O) groups excluding carboxylic acids is 2. The molecule has 0 bridgehead atoms. The van der Waals surface area contributed by atoms with Gasteiger partial charge in [0.1, 0.15) is 19.8 Å². The Labute approximate surface area is 179 Å². The minimum atomic E-state index is -0.547. The van der Waals surface area contributed by atoms with Gasteiger partial charge >= 0.3 is 5.97 Å². The fourth-order valence-electron chi connectivity index (χ4n) is 2.85. The van der Waals surface area contributed by atoms with Crippen molar-refractivity contribution in [2.75, 3.05) is 20.3 Å². The van der Waals surface area contributed by atoms with Gasteiger partial charge < -0.3 is 18.8 Å². The van der Waals surface area contributed by atoms with Gasteiger partial charge in [0, 0.05) is 17.2 Å². The van der Waals surface area contributed by atoms with E-state index in [1.807, 2.05) is 0 Å². The summed E-state index contributed by atoms with van der Waals surface area (Å²) in [6, 6.07) is 8.12. The van der Waals surface area contributed by atoms with Crippen molar-refractivity contribution in [3.05, 3.63) is 50.7 Å². The molecule has 150 valence electrons. The zero-order valence-corrected chi connectivity index (χ0v) is 17.4. The average Bonchev–Trinajstić information content (AvgIpc) is 3.01. The lowest BCUT2D eigenvalue weighted by Gasteiger charge is -2.18. The zero-order valence-electron chi connectivity index (χ0n) is 15.1. The van der Waals surface area contributed by atoms with Crippen molar-refractivity contribution in [3.8, 4) is 11.5 Å². The molecular formula is C19H14Cl2N2O5S. The number of hydrogen-bond donors (Lipinski definition) is 0. The molecule has 2 heterocycles. The fourth-order valence-corrected chi connectivity index (χ4v) is 4.38. The SMILES string of the molecule is COC(=O)Cn1c(=NC(=O)c2ccc(Cl)cc2Cl)sc2cc3c(cc21)OCCO3. The highest BCUT2D eigenvalue weighted by Crippen LogP contribution is 2.35. The third kappa shape index (κ3) is 3.96. The predicted molar refractivity (Wildman–Crippen MR) is 109 cm³/mol. The van der Waals surface area contributed by atoms with Crippen LogP contribution in [0.2, 0.25) is 10.0 Å². The van der Waals surface area contributed by atoms with Gasteiger partial charge in [0.05, 0.1) is 27.9 Å². The number of methoxy groups -OCH3 is 1. The second-order valence-corrected chi connectivity index (χ2v) is 7.90. The Bertz CT molecular complexity index is 1200. The van der Waals surface area contributed by atoms with E-state index >= 15 is 0 Å². The van der Waals surface area contributed by atoms with Gasteiger partial charge in [-0.15, -0.1) is 0 Å². The summed E-state index contributed by atoms with van der Waals surface area (Å²) in [5.41, 5.74) is 0.891. The number of aromatic nitrogens is 1. The van der Waals surface area contributed by atoms with Crippen molar-refractivity contribution in [3.63, 3.8) is 0 Å². The van der Waals surface area contributed by atoms with Crippen LogP contribution in [-0.2, 0) is 16.1 Å². The maximum Gasteiger partial charge on any atom is 0.325 e. The van der Waals surface area contributed by atoms with Crippen LogP contribution in [0.3, 0.4) is 0 Å². The van der Waals surface area contributed by atoms with Gasteiger partial charge in [0.2, 0.25) is 0 Å². The van der Waals surface area contributed by atoms with Gasteiger partial charge in [0.25, 0.3) is 5.91 Å². The number of hydrogen-bond acceptors (Lipinski definition) is 6. The molecular weight excluding hydrogens is 439 g/mol. The van der Waals surface area contributed by atoms with E-state index in [0.717, 1.165) is 4.70 Å². The highest BCUT2D eigenvalue weighted by atomic mass is 35.5. The van der Waals surface area contributed by atoms with Crippen LogP contribution < -0.4 is 14.3 Å². The van der Waals surface area contributed by atoms with Crippen LogP contribution in [0.1, 0.15) is 10.4 Å². The van der Waals surface area contributed by atoms with Crippen LogP contribution >= 0.6 is 34.5 Å². The van der Waals surface area contributed by atoms with Gasteiger partial charge in [-0.1, -0.05) is 34.5 Å². The maximum atomic E-state index is 12.7. The molecule has 1 amide bonds. The topological polar surface area (TPSA) is 79.1 Å². The fraction of sp³-hybridized carbons (Fsp3) is 0.211. The Morgan fingerprint density at radius 1 is 1.17 bits per heavy atom. The van der Waals surface area contributed by atoms with Crippen LogP contribution in [0, 0.1) is 0 Å². The lowest BCUT2D eigenvalue weighted by Crippen LogP contribution is -2.22. The van der Waals surface area contributed by atoms with Crippen LogP contribution in [0.25, 0.3) is 10.2 Å². The summed E-state index contributed by atoms with van der Waals surface area (Å²) in [5, 5.41) is 0.615. The molecule has 0 N–H and O–H groups in total. The largest absolute Gasteiger partial charge is 0.486 e. The van der Waals surface area contributed by atoms with E-state index in [-0.39, 0.29) is 17.1 Å². The molecule has 0 unspecified atom stereocenters. The smallest absolute Gasteiger partial charge is 0.325 e. The molecule has 7 nitrogen and oxygen atoms in total. The Morgan fingerprint density at radius 2 is 1.90 bits per heavy atom. The molecule has 3 aromatic rings. The van der Waals surface area contributed by atoms with Crippen LogP contribution in [0.15, 0.2) is 35.3 Å². The standard InChI is InChI=1S/C19H14Cl2N2O5S/c1-26-17(24)9-23-13-7-14-15(28-5-4-27-14)8-16(13)29-19(23)22-18(25)11-3-2-10(20)6-12(11)21/h2-3,6-8H,4-5,9H2,1H3. The van der Waals surface area contributed by atoms with Gasteiger partial charge in [-0.2, -0.15) is 4.99 Å². The molecule has 0 radical (unpaired) electrons. The van der Waals surface area contributed by atoms with E-state index < -0.39 is 11.9 Å². The monoisotopic (exact) mass is 452 g/mol. The third-order valence-corrected chi connectivity index (χ3v) is 5.81. The predicted octanol–water partition coefficient (Wildman–Crippen LogP) is 3.69. The molecule has 0 spiro atoms. The number of ether oxygens (including phenoxy) is 3. The quantitative estimate of drug-likeness (QED) is 0.566. The zero-order chi connectivity index (χ0) is 20.5. The highest BCUT2D eigenvalue weighted by molar-refractivity contribution is 7.16. The lowest BCUT2D eigenvalue weighted by molar-refractivity contribution is -0.141. The molecule has 2 aromatic carbocycles. The van der Waals surface area contributed by atoms with Gasteiger partial charge in [-0.25, -0.2) is 0 Å². The summed E-state index contributed by atoms with van der Waals surface area (Å²) in [6.07, 6.45) is 0. The van der Waals surface area contributed by atoms with Gasteiger partial charge in [-0.3, -0.25) is 9.59 Å². The molecule has 0 atom stereocenters. The molecule has 29 heavy (non-hydrogen) atoms. The number of halogens is 2. The molecule has 0 saturated heterocycles. The van der Waals surface area contributed by atoms with Crippen LogP contribution in [-0.4, -0.2) is 36.8 Å². The molecule has 1 aliphatic rings. The number of amides is 1. The Morgan fingerprint density at radius 3 is 2.59 bits per heavy atom. The maximum absolute atomic E-state index is 12.7. The first-order chi connectivity index (χ1) is 14.0. The van der Waals surface area contributed by atoms with E-state index in [0.29, 0.717) is 40.1 Å². The Hall–Kier alpha value is -2.55. The Balaban J connectivity index is 1.87. The number of thiazole rings is 1. The average molecular weight is 453 g/mol. The summed E-state index contributed by atoms with van der Waals surface area (Å²) >= 11 is 13.3. The second-order valence-electron chi connectivity index (χ2n) is 6.05. The van der Waals surface area contributed by atoms with Gasteiger partial charge in [-0.05, 0) is 18.2 Å². The molecule has 0 aliphatic carbocycles. The Kier molecular flexibility index (Phi) is 5.49. The van der Waals surface area contributed by atoms with E-state index in [1.165, 1.54) is 30.6 Å². The molecule has 0 fully saturated rings. The summed E-state index contributed by atoms with van der Waals surface area (Å²) in [6.45, 7) is 0.776. The third-order valence-electron chi connectivity index (χ3n) is 4.22. The summed E-state index contributed by atoms with van der Waals surface area (Å²) in [5.74, 6) is 0.153. The van der Waals surface area contributed by atoms with Crippen molar-refractivity contribution in [2.45, 2.75) is 6.54 Å². The van der Waals surface area contributed by atoms with Crippen molar-refractivity contribution < 1.29 is 23.8 Å². The summed E-state index contributed by atoms with van der Waals surface area (Å²) < 4.78 is 18.4.